The second-order valence-electron chi connectivity index (χ2n) is 8.62. The topological polar surface area (TPSA) is 49.6 Å². The minimum Gasteiger partial charge on any atom is -0.241 e. The molecule has 0 aliphatic heterocycles. The van der Waals surface area contributed by atoms with E-state index in [0.717, 1.165) is 37.4 Å². The van der Waals surface area contributed by atoms with E-state index in [9.17, 15) is 0 Å². The third kappa shape index (κ3) is 5.29. The molecule has 3 heteroatoms. The van der Waals surface area contributed by atoms with Gasteiger partial charge in [-0.2, -0.15) is 5.26 Å². The number of rotatable bonds is 7. The lowest BCUT2D eigenvalue weighted by molar-refractivity contribution is 0.301. The van der Waals surface area contributed by atoms with Gasteiger partial charge in [0.2, 0.25) is 0 Å². The maximum absolute atomic E-state index is 9.04. The molecule has 2 aliphatic rings. The summed E-state index contributed by atoms with van der Waals surface area (Å²) < 4.78 is 0. The lowest BCUT2D eigenvalue weighted by atomic mass is 9.77. The van der Waals surface area contributed by atoms with Gasteiger partial charge >= 0.3 is 0 Å². The molecule has 0 N–H and O–H groups in total. The second-order valence-corrected chi connectivity index (χ2v) is 8.62. The summed E-state index contributed by atoms with van der Waals surface area (Å²) in [4.78, 5) is 9.45. The van der Waals surface area contributed by atoms with Gasteiger partial charge in [-0.3, -0.25) is 0 Å². The average molecular weight is 354 g/mol. The zero-order valence-corrected chi connectivity index (χ0v) is 16.5. The first kappa shape index (κ1) is 19.3. The Morgan fingerprint density at radius 1 is 0.885 bits per heavy atom. The van der Waals surface area contributed by atoms with Crippen molar-refractivity contribution < 1.29 is 0 Å². The van der Waals surface area contributed by atoms with Crippen LogP contribution in [0.4, 0.5) is 0 Å². The number of hydrogen-bond donors (Lipinski definition) is 0. The summed E-state index contributed by atoms with van der Waals surface area (Å²) in [5.74, 6) is 3.36. The average Bonchev–Trinajstić information content (AvgIpc) is 2.72. The summed E-state index contributed by atoms with van der Waals surface area (Å²) >= 11 is 0. The predicted octanol–water partition coefficient (Wildman–Crippen LogP) is 6.52. The molecule has 0 atom stereocenters. The Kier molecular flexibility index (Phi) is 7.47. The maximum Gasteiger partial charge on any atom is 0.131 e. The molecule has 142 valence electrons. The third-order valence-electron chi connectivity index (χ3n) is 6.75. The van der Waals surface area contributed by atoms with Crippen LogP contribution in [0.5, 0.6) is 0 Å². The van der Waals surface area contributed by atoms with Crippen LogP contribution in [0.1, 0.15) is 114 Å². The normalized spacial score (nSPS) is 29.2. The van der Waals surface area contributed by atoms with Gasteiger partial charge in [-0.1, -0.05) is 39.0 Å². The fourth-order valence-electron chi connectivity index (χ4n) is 4.89. The van der Waals surface area contributed by atoms with E-state index in [1.807, 2.05) is 0 Å². The summed E-state index contributed by atoms with van der Waals surface area (Å²) in [6.45, 7) is 2.29. The Labute approximate surface area is 159 Å². The molecule has 2 aliphatic carbocycles. The highest BCUT2D eigenvalue weighted by atomic mass is 14.9. The maximum atomic E-state index is 9.04. The van der Waals surface area contributed by atoms with Crippen molar-refractivity contribution in [3.8, 4) is 6.07 Å². The predicted molar refractivity (Wildman–Crippen MR) is 106 cm³/mol. The minimum atomic E-state index is 0.252. The lowest BCUT2D eigenvalue weighted by Gasteiger charge is -2.29. The van der Waals surface area contributed by atoms with Crippen molar-refractivity contribution >= 4 is 0 Å². The number of nitrogens with zero attached hydrogens (tertiary/aromatic N) is 3. The van der Waals surface area contributed by atoms with Crippen molar-refractivity contribution in [2.24, 2.45) is 11.8 Å². The van der Waals surface area contributed by atoms with Gasteiger partial charge < -0.3 is 0 Å². The van der Waals surface area contributed by atoms with Crippen molar-refractivity contribution in [3.05, 3.63) is 23.8 Å². The fourth-order valence-corrected chi connectivity index (χ4v) is 4.89. The Hall–Kier alpha value is -1.43. The van der Waals surface area contributed by atoms with Gasteiger partial charge in [0, 0.05) is 24.2 Å². The molecule has 0 unspecified atom stereocenters. The summed E-state index contributed by atoms with van der Waals surface area (Å²) in [5, 5.41) is 9.04. The molecule has 0 bridgehead atoms. The highest BCUT2D eigenvalue weighted by molar-refractivity contribution is 5.14. The smallest absolute Gasteiger partial charge is 0.131 e. The second kappa shape index (κ2) is 10.0. The molecule has 1 heterocycles. The highest BCUT2D eigenvalue weighted by Crippen LogP contribution is 2.38. The molecule has 1 aromatic rings. The van der Waals surface area contributed by atoms with E-state index < -0.39 is 0 Å². The first-order valence-corrected chi connectivity index (χ1v) is 11.0. The minimum absolute atomic E-state index is 0.252. The van der Waals surface area contributed by atoms with Gasteiger partial charge in [-0.15, -0.1) is 0 Å². The zero-order chi connectivity index (χ0) is 18.2. The van der Waals surface area contributed by atoms with Crippen LogP contribution in [0.3, 0.4) is 0 Å². The van der Waals surface area contributed by atoms with Crippen molar-refractivity contribution in [1.29, 1.82) is 5.26 Å². The van der Waals surface area contributed by atoms with Crippen LogP contribution in [0, 0.1) is 23.2 Å². The molecule has 26 heavy (non-hydrogen) atoms. The fraction of sp³-hybridized carbons (Fsp3) is 0.783. The molecule has 0 amide bonds. The summed E-state index contributed by atoms with van der Waals surface area (Å²) in [6, 6.07) is 2.41. The SMILES string of the molecule is CCCCCCC1CCC(c2cnc(C3CCC(C#N)CC3)nc2)CC1. The van der Waals surface area contributed by atoms with Gasteiger partial charge in [-0.25, -0.2) is 9.97 Å². The Morgan fingerprint density at radius 2 is 1.54 bits per heavy atom. The lowest BCUT2D eigenvalue weighted by Crippen LogP contribution is -2.16. The molecule has 0 spiro atoms. The Morgan fingerprint density at radius 3 is 2.15 bits per heavy atom. The van der Waals surface area contributed by atoms with Crippen LogP contribution < -0.4 is 0 Å². The highest BCUT2D eigenvalue weighted by Gasteiger charge is 2.25. The van der Waals surface area contributed by atoms with E-state index in [-0.39, 0.29) is 5.92 Å². The molecule has 3 nitrogen and oxygen atoms in total. The first-order valence-electron chi connectivity index (χ1n) is 11.0. The molecule has 1 aromatic heterocycles. The van der Waals surface area contributed by atoms with Crippen LogP contribution in [0.15, 0.2) is 12.4 Å². The Balaban J connectivity index is 1.44. The van der Waals surface area contributed by atoms with Crippen molar-refractivity contribution in [2.75, 3.05) is 0 Å². The van der Waals surface area contributed by atoms with Crippen molar-refractivity contribution in [2.45, 2.75) is 102 Å². The number of hydrogen-bond acceptors (Lipinski definition) is 3. The summed E-state index contributed by atoms with van der Waals surface area (Å²) in [6.07, 6.45) is 20.8. The number of unbranched alkanes of at least 4 members (excludes halogenated alkanes) is 3. The van der Waals surface area contributed by atoms with Crippen LogP contribution in [-0.4, -0.2) is 9.97 Å². The van der Waals surface area contributed by atoms with Gasteiger partial charge in [0.1, 0.15) is 5.82 Å². The standard InChI is InChI=1S/C23H35N3/c1-2-3-4-5-6-18-7-11-20(12-8-18)22-16-25-23(26-17-22)21-13-9-19(15-24)10-14-21/h16-21H,2-14H2,1H3. The molecule has 0 saturated heterocycles. The van der Waals surface area contributed by atoms with Gasteiger partial charge in [0.25, 0.3) is 0 Å². The van der Waals surface area contributed by atoms with E-state index in [1.165, 1.54) is 63.4 Å². The van der Waals surface area contributed by atoms with E-state index in [0.29, 0.717) is 11.8 Å². The van der Waals surface area contributed by atoms with E-state index in [1.54, 1.807) is 0 Å². The molecular weight excluding hydrogens is 318 g/mol. The molecule has 0 radical (unpaired) electrons. The van der Waals surface area contributed by atoms with E-state index in [4.69, 9.17) is 15.2 Å². The van der Waals surface area contributed by atoms with E-state index >= 15 is 0 Å². The van der Waals surface area contributed by atoms with Crippen LogP contribution in [0.25, 0.3) is 0 Å². The van der Waals surface area contributed by atoms with Crippen LogP contribution in [0.2, 0.25) is 0 Å². The molecule has 2 fully saturated rings. The summed E-state index contributed by atoms with van der Waals surface area (Å²) in [7, 11) is 0. The quantitative estimate of drug-likeness (QED) is 0.524. The zero-order valence-electron chi connectivity index (χ0n) is 16.5. The molecule has 3 rings (SSSR count). The molecular formula is C23H35N3. The largest absolute Gasteiger partial charge is 0.241 e. The number of nitriles is 1. The Bertz CT molecular complexity index is 558. The molecule has 0 aromatic carbocycles. The van der Waals surface area contributed by atoms with Crippen LogP contribution >= 0.6 is 0 Å². The van der Waals surface area contributed by atoms with E-state index in [2.05, 4.69) is 25.4 Å². The van der Waals surface area contributed by atoms with Crippen molar-refractivity contribution in [1.82, 2.24) is 9.97 Å². The molecule has 2 saturated carbocycles. The van der Waals surface area contributed by atoms with Gasteiger partial charge in [0.15, 0.2) is 0 Å². The monoisotopic (exact) mass is 353 g/mol. The summed E-state index contributed by atoms with van der Waals surface area (Å²) in [5.41, 5.74) is 1.35. The third-order valence-corrected chi connectivity index (χ3v) is 6.75. The van der Waals surface area contributed by atoms with Crippen molar-refractivity contribution in [3.63, 3.8) is 0 Å². The van der Waals surface area contributed by atoms with Gasteiger partial charge in [0.05, 0.1) is 6.07 Å². The van der Waals surface area contributed by atoms with Crippen LogP contribution in [-0.2, 0) is 0 Å². The van der Waals surface area contributed by atoms with Gasteiger partial charge in [-0.05, 0) is 68.8 Å². The first-order chi connectivity index (χ1) is 12.8. The number of aromatic nitrogens is 2.